The molecule has 4 nitrogen and oxygen atoms in total. The zero-order chi connectivity index (χ0) is 11.4. The number of hydrogen-bond donors (Lipinski definition) is 1. The lowest BCUT2D eigenvalue weighted by Crippen LogP contribution is -2.31. The Balaban J connectivity index is 5.06. The second-order valence-electron chi connectivity index (χ2n) is 1.96. The number of ether oxygens (including phenoxy) is 1. The highest BCUT2D eigenvalue weighted by Crippen LogP contribution is 2.32. The number of carbonyl (C=O) groups is 1. The molecule has 7 heteroatoms. The van der Waals surface area contributed by atoms with Crippen LogP contribution in [-0.2, 0) is 9.53 Å². The topological polar surface area (TPSA) is 61.4 Å². The summed E-state index contributed by atoms with van der Waals surface area (Å²) in [7, 11) is 1.29. The van der Waals surface area contributed by atoms with E-state index < -0.39 is 21.2 Å². The summed E-state index contributed by atoms with van der Waals surface area (Å²) in [5.41, 5.74) is -0.525. The average molecular weight is 257 g/mol. The standard InChI is InChI=1S/C7H6Cl3NO3/c1-3-14-6(13)4(11-2)5(12)7(8,9)10/h1,11-12H,2H3/p-1/b5-4+. The molecule has 0 spiro atoms. The highest BCUT2D eigenvalue weighted by atomic mass is 35.6. The summed E-state index contributed by atoms with van der Waals surface area (Å²) in [6.45, 7) is 0. The van der Waals surface area contributed by atoms with E-state index in [1.165, 1.54) is 7.05 Å². The van der Waals surface area contributed by atoms with Crippen LogP contribution in [0.2, 0.25) is 0 Å². The molecule has 0 aliphatic heterocycles. The minimum absolute atomic E-state index is 0.525. The van der Waals surface area contributed by atoms with Gasteiger partial charge >= 0.3 is 5.97 Å². The van der Waals surface area contributed by atoms with Gasteiger partial charge in [0.2, 0.25) is 3.79 Å². The molecular formula is C7H5Cl3NO3-. The first-order valence-corrected chi connectivity index (χ1v) is 4.31. The Labute approximate surface area is 95.8 Å². The fraction of sp³-hybridized carbons (Fsp3) is 0.286. The molecule has 0 aromatic rings. The van der Waals surface area contributed by atoms with E-state index in [1.54, 1.807) is 6.11 Å². The van der Waals surface area contributed by atoms with Crippen molar-refractivity contribution in [3.8, 4) is 12.5 Å². The van der Waals surface area contributed by atoms with Crippen molar-refractivity contribution in [1.29, 1.82) is 0 Å². The number of halogens is 3. The van der Waals surface area contributed by atoms with Crippen molar-refractivity contribution in [2.75, 3.05) is 7.05 Å². The van der Waals surface area contributed by atoms with Crippen molar-refractivity contribution in [1.82, 2.24) is 5.32 Å². The van der Waals surface area contributed by atoms with Gasteiger partial charge in [-0.05, 0) is 5.76 Å². The molecule has 78 valence electrons. The largest absolute Gasteiger partial charge is 0.871 e. The van der Waals surface area contributed by atoms with Gasteiger partial charge in [-0.1, -0.05) is 41.2 Å². The number of hydrogen-bond acceptors (Lipinski definition) is 4. The average Bonchev–Trinajstić information content (AvgIpc) is 2.04. The van der Waals surface area contributed by atoms with E-state index in [-0.39, 0.29) is 0 Å². The predicted octanol–water partition coefficient (Wildman–Crippen LogP) is 0.282. The van der Waals surface area contributed by atoms with Crippen molar-refractivity contribution in [2.24, 2.45) is 0 Å². The molecule has 0 aromatic heterocycles. The molecule has 0 aliphatic carbocycles. The third-order valence-corrected chi connectivity index (χ3v) is 1.61. The Kier molecular flexibility index (Phi) is 4.92. The second-order valence-corrected chi connectivity index (χ2v) is 4.24. The minimum Gasteiger partial charge on any atom is -0.871 e. The maximum absolute atomic E-state index is 11.2. The quantitative estimate of drug-likeness (QED) is 0.254. The molecule has 0 saturated heterocycles. The number of rotatable bonds is 2. The maximum atomic E-state index is 11.2. The molecule has 0 radical (unpaired) electrons. The van der Waals surface area contributed by atoms with E-state index in [9.17, 15) is 9.90 Å². The molecule has 0 rings (SSSR count). The van der Waals surface area contributed by atoms with Crippen LogP contribution in [0.5, 0.6) is 0 Å². The maximum Gasteiger partial charge on any atom is 0.367 e. The van der Waals surface area contributed by atoms with Gasteiger partial charge in [-0.2, -0.15) is 0 Å². The molecule has 0 atom stereocenters. The van der Waals surface area contributed by atoms with Crippen molar-refractivity contribution >= 4 is 40.8 Å². The van der Waals surface area contributed by atoms with Gasteiger partial charge in [-0.3, -0.25) is 0 Å². The number of nitrogens with one attached hydrogen (secondary N) is 1. The summed E-state index contributed by atoms with van der Waals surface area (Å²) in [6.07, 6.45) is 6.28. The van der Waals surface area contributed by atoms with Crippen molar-refractivity contribution in [2.45, 2.75) is 3.79 Å². The van der Waals surface area contributed by atoms with Crippen LogP contribution in [0.3, 0.4) is 0 Å². The number of likely N-dealkylation sites (N-methyl/N-ethyl adjacent to an activating group) is 1. The number of esters is 1. The summed E-state index contributed by atoms with van der Waals surface area (Å²) in [5, 5.41) is 13.5. The van der Waals surface area contributed by atoms with Crippen LogP contribution in [0.25, 0.3) is 0 Å². The molecule has 0 aliphatic rings. The molecule has 0 saturated carbocycles. The van der Waals surface area contributed by atoms with Crippen LogP contribution >= 0.6 is 34.8 Å². The highest BCUT2D eigenvalue weighted by Gasteiger charge is 2.24. The van der Waals surface area contributed by atoms with E-state index >= 15 is 0 Å². The number of alkyl halides is 3. The minimum atomic E-state index is -2.23. The number of terminal acetylenes is 1. The molecule has 0 heterocycles. The van der Waals surface area contributed by atoms with Gasteiger partial charge in [0.25, 0.3) is 0 Å². The fourth-order valence-corrected chi connectivity index (χ4v) is 0.838. The van der Waals surface area contributed by atoms with Crippen LogP contribution < -0.4 is 10.4 Å². The Morgan fingerprint density at radius 2 is 2.07 bits per heavy atom. The predicted molar refractivity (Wildman–Crippen MR) is 51.3 cm³/mol. The van der Waals surface area contributed by atoms with E-state index in [0.29, 0.717) is 0 Å². The molecule has 0 amide bonds. The van der Waals surface area contributed by atoms with E-state index in [1.807, 2.05) is 0 Å². The van der Waals surface area contributed by atoms with E-state index in [0.717, 1.165) is 0 Å². The van der Waals surface area contributed by atoms with Crippen molar-refractivity contribution < 1.29 is 14.6 Å². The first kappa shape index (κ1) is 13.2. The normalized spacial score (nSPS) is 12.5. The van der Waals surface area contributed by atoms with E-state index in [2.05, 4.69) is 16.5 Å². The Hall–Kier alpha value is -0.760. The van der Waals surface area contributed by atoms with Gasteiger partial charge in [0.15, 0.2) is 0 Å². The summed E-state index contributed by atoms with van der Waals surface area (Å²) < 4.78 is 1.87. The fourth-order valence-electron chi connectivity index (χ4n) is 0.555. The van der Waals surface area contributed by atoms with Gasteiger partial charge in [-0.25, -0.2) is 4.79 Å². The zero-order valence-corrected chi connectivity index (χ0v) is 9.20. The van der Waals surface area contributed by atoms with Crippen LogP contribution in [0.4, 0.5) is 0 Å². The van der Waals surface area contributed by atoms with E-state index in [4.69, 9.17) is 34.8 Å². The summed E-state index contributed by atoms with van der Waals surface area (Å²) >= 11 is 15.8. The third-order valence-electron chi connectivity index (χ3n) is 1.09. The lowest BCUT2D eigenvalue weighted by Gasteiger charge is -2.23. The summed E-state index contributed by atoms with van der Waals surface area (Å²) in [4.78, 5) is 11.0. The number of allylic oxidation sites excluding steroid dienone is 1. The zero-order valence-electron chi connectivity index (χ0n) is 6.94. The molecular weight excluding hydrogens is 252 g/mol. The first-order chi connectivity index (χ1) is 6.34. The molecule has 0 fully saturated rings. The third kappa shape index (κ3) is 3.54. The van der Waals surface area contributed by atoms with Gasteiger partial charge < -0.3 is 15.2 Å². The van der Waals surface area contributed by atoms with Gasteiger partial charge in [0, 0.05) is 7.05 Å². The molecule has 14 heavy (non-hydrogen) atoms. The first-order valence-electron chi connectivity index (χ1n) is 3.17. The van der Waals surface area contributed by atoms with Crippen LogP contribution in [0.15, 0.2) is 11.5 Å². The lowest BCUT2D eigenvalue weighted by atomic mass is 10.4. The summed E-state index contributed by atoms with van der Waals surface area (Å²) in [5.74, 6) is -2.11. The van der Waals surface area contributed by atoms with Gasteiger partial charge in [-0.15, -0.1) is 0 Å². The van der Waals surface area contributed by atoms with Gasteiger partial charge in [0.05, 0.1) is 0 Å². The highest BCUT2D eigenvalue weighted by molar-refractivity contribution is 6.69. The summed E-state index contributed by atoms with van der Waals surface area (Å²) in [6, 6.07) is 0. The molecule has 0 unspecified atom stereocenters. The lowest BCUT2D eigenvalue weighted by molar-refractivity contribution is -0.306. The Morgan fingerprint density at radius 3 is 2.36 bits per heavy atom. The Bertz CT molecular complexity index is 300. The van der Waals surface area contributed by atoms with Crippen LogP contribution in [0, 0.1) is 12.5 Å². The SMILES string of the molecule is C#COC(=O)/C(NC)=C(\[O-])C(Cl)(Cl)Cl. The number of carbonyl (C=O) groups excluding carboxylic acids is 1. The molecule has 1 N–H and O–H groups in total. The Morgan fingerprint density at radius 1 is 1.57 bits per heavy atom. The molecule has 0 aromatic carbocycles. The van der Waals surface area contributed by atoms with Crippen molar-refractivity contribution in [3.63, 3.8) is 0 Å². The van der Waals surface area contributed by atoms with Crippen molar-refractivity contribution in [3.05, 3.63) is 11.5 Å². The monoisotopic (exact) mass is 256 g/mol. The van der Waals surface area contributed by atoms with Crippen LogP contribution in [-0.4, -0.2) is 16.8 Å². The van der Waals surface area contributed by atoms with Gasteiger partial charge in [0.1, 0.15) is 11.8 Å². The second kappa shape index (κ2) is 5.20. The van der Waals surface area contributed by atoms with Crippen LogP contribution in [0.1, 0.15) is 0 Å². The molecule has 0 bridgehead atoms. The smallest absolute Gasteiger partial charge is 0.367 e.